The van der Waals surface area contributed by atoms with Gasteiger partial charge in [0.1, 0.15) is 11.6 Å². The molecule has 0 radical (unpaired) electrons. The van der Waals surface area contributed by atoms with E-state index in [2.05, 4.69) is 28.7 Å². The molecule has 1 aliphatic heterocycles. The molecule has 5 nitrogen and oxygen atoms in total. The second-order valence-corrected chi connectivity index (χ2v) is 4.77. The maximum atomic E-state index is 5.73. The standard InChI is InChI=1S/C12H20N4O/c1-8-4-11(13)15-12(14-8)6-16-5-10(3)17-7-9(16)2/h4,9-10H,5-7H2,1-3H3,(H2,13,14,15). The van der Waals surface area contributed by atoms with E-state index in [-0.39, 0.29) is 6.10 Å². The van der Waals surface area contributed by atoms with Crippen LogP contribution in [0.5, 0.6) is 0 Å². The van der Waals surface area contributed by atoms with Crippen molar-refractivity contribution in [1.82, 2.24) is 14.9 Å². The largest absolute Gasteiger partial charge is 0.384 e. The summed E-state index contributed by atoms with van der Waals surface area (Å²) in [6.07, 6.45) is 0.272. The van der Waals surface area contributed by atoms with Crippen LogP contribution < -0.4 is 5.73 Å². The third-order valence-corrected chi connectivity index (χ3v) is 3.00. The van der Waals surface area contributed by atoms with Crippen molar-refractivity contribution in [2.24, 2.45) is 0 Å². The van der Waals surface area contributed by atoms with Gasteiger partial charge in [0.05, 0.1) is 19.3 Å². The first kappa shape index (κ1) is 12.3. The maximum Gasteiger partial charge on any atom is 0.144 e. The summed E-state index contributed by atoms with van der Waals surface area (Å²) in [4.78, 5) is 11.0. The van der Waals surface area contributed by atoms with Crippen molar-refractivity contribution >= 4 is 5.82 Å². The van der Waals surface area contributed by atoms with E-state index in [9.17, 15) is 0 Å². The van der Waals surface area contributed by atoms with Gasteiger partial charge in [-0.2, -0.15) is 0 Å². The van der Waals surface area contributed by atoms with Crippen molar-refractivity contribution in [3.63, 3.8) is 0 Å². The Morgan fingerprint density at radius 1 is 1.47 bits per heavy atom. The van der Waals surface area contributed by atoms with Crippen molar-refractivity contribution in [3.05, 3.63) is 17.6 Å². The quantitative estimate of drug-likeness (QED) is 0.829. The van der Waals surface area contributed by atoms with E-state index in [0.29, 0.717) is 11.9 Å². The molecule has 0 aromatic carbocycles. The highest BCUT2D eigenvalue weighted by atomic mass is 16.5. The number of ether oxygens (including phenoxy) is 1. The summed E-state index contributed by atoms with van der Waals surface area (Å²) in [5.74, 6) is 1.34. The monoisotopic (exact) mass is 236 g/mol. The molecule has 5 heteroatoms. The second kappa shape index (κ2) is 4.98. The number of nitrogen functional groups attached to an aromatic ring is 1. The van der Waals surface area contributed by atoms with E-state index >= 15 is 0 Å². The smallest absolute Gasteiger partial charge is 0.144 e. The van der Waals surface area contributed by atoms with Crippen molar-refractivity contribution in [3.8, 4) is 0 Å². The number of hydrogen-bond donors (Lipinski definition) is 1. The van der Waals surface area contributed by atoms with Crippen LogP contribution in [0.1, 0.15) is 25.4 Å². The summed E-state index contributed by atoms with van der Waals surface area (Å²) in [5.41, 5.74) is 6.65. The topological polar surface area (TPSA) is 64.3 Å². The summed E-state index contributed by atoms with van der Waals surface area (Å²) < 4.78 is 5.60. The number of anilines is 1. The summed E-state index contributed by atoms with van der Waals surface area (Å²) in [6.45, 7) is 8.60. The Morgan fingerprint density at radius 3 is 2.94 bits per heavy atom. The lowest BCUT2D eigenvalue weighted by Gasteiger charge is -2.36. The Morgan fingerprint density at radius 2 is 2.24 bits per heavy atom. The number of aromatic nitrogens is 2. The predicted octanol–water partition coefficient (Wildman–Crippen LogP) is 0.976. The van der Waals surface area contributed by atoms with Gasteiger partial charge in [-0.25, -0.2) is 9.97 Å². The fraction of sp³-hybridized carbons (Fsp3) is 0.667. The highest BCUT2D eigenvalue weighted by molar-refractivity contribution is 5.29. The minimum atomic E-state index is 0.272. The Hall–Kier alpha value is -1.20. The fourth-order valence-corrected chi connectivity index (χ4v) is 2.10. The van der Waals surface area contributed by atoms with Crippen molar-refractivity contribution in [1.29, 1.82) is 0 Å². The molecule has 0 saturated carbocycles. The van der Waals surface area contributed by atoms with Crippen LogP contribution in [0.4, 0.5) is 5.82 Å². The van der Waals surface area contributed by atoms with Gasteiger partial charge in [-0.05, 0) is 20.8 Å². The van der Waals surface area contributed by atoms with E-state index in [1.165, 1.54) is 0 Å². The molecule has 0 aliphatic carbocycles. The number of nitrogens with two attached hydrogens (primary N) is 1. The van der Waals surface area contributed by atoms with Gasteiger partial charge in [-0.1, -0.05) is 0 Å². The molecule has 0 spiro atoms. The number of aryl methyl sites for hydroxylation is 1. The molecule has 2 heterocycles. The molecule has 2 N–H and O–H groups in total. The Balaban J connectivity index is 2.08. The third kappa shape index (κ3) is 3.14. The zero-order valence-corrected chi connectivity index (χ0v) is 10.7. The molecule has 1 aromatic heterocycles. The zero-order chi connectivity index (χ0) is 12.4. The molecule has 17 heavy (non-hydrogen) atoms. The van der Waals surface area contributed by atoms with Gasteiger partial charge in [0.25, 0.3) is 0 Å². The Bertz CT molecular complexity index is 376. The second-order valence-electron chi connectivity index (χ2n) is 4.77. The van der Waals surface area contributed by atoms with Crippen molar-refractivity contribution in [2.75, 3.05) is 18.9 Å². The van der Waals surface area contributed by atoms with E-state index in [4.69, 9.17) is 10.5 Å². The van der Waals surface area contributed by atoms with E-state index in [1.807, 2.05) is 6.92 Å². The first-order valence-corrected chi connectivity index (χ1v) is 6.00. The van der Waals surface area contributed by atoms with Crippen molar-refractivity contribution < 1.29 is 4.74 Å². The maximum absolute atomic E-state index is 5.73. The number of morpholine rings is 1. The summed E-state index contributed by atoms with van der Waals surface area (Å²) in [7, 11) is 0. The van der Waals surface area contributed by atoms with Crippen LogP contribution in [0.25, 0.3) is 0 Å². The van der Waals surface area contributed by atoms with Crippen LogP contribution in [0.15, 0.2) is 6.07 Å². The average molecular weight is 236 g/mol. The lowest BCUT2D eigenvalue weighted by Crippen LogP contribution is -2.46. The van der Waals surface area contributed by atoms with Gasteiger partial charge < -0.3 is 10.5 Å². The van der Waals surface area contributed by atoms with E-state index in [1.54, 1.807) is 6.07 Å². The molecule has 2 rings (SSSR count). The molecule has 0 amide bonds. The molecule has 2 unspecified atom stereocenters. The lowest BCUT2D eigenvalue weighted by molar-refractivity contribution is -0.0534. The highest BCUT2D eigenvalue weighted by Gasteiger charge is 2.24. The van der Waals surface area contributed by atoms with Crippen LogP contribution in [0.3, 0.4) is 0 Å². The third-order valence-electron chi connectivity index (χ3n) is 3.00. The average Bonchev–Trinajstić information content (AvgIpc) is 2.22. The first-order valence-electron chi connectivity index (χ1n) is 6.00. The molecule has 94 valence electrons. The van der Waals surface area contributed by atoms with Crippen LogP contribution in [0.2, 0.25) is 0 Å². The number of hydrogen-bond acceptors (Lipinski definition) is 5. The first-order chi connectivity index (χ1) is 8.04. The SMILES string of the molecule is Cc1cc(N)nc(CN2CC(C)OCC2C)n1. The van der Waals surface area contributed by atoms with E-state index < -0.39 is 0 Å². The predicted molar refractivity (Wildman–Crippen MR) is 66.5 cm³/mol. The molecule has 1 aliphatic rings. The van der Waals surface area contributed by atoms with Gasteiger partial charge in [0, 0.05) is 24.3 Å². The lowest BCUT2D eigenvalue weighted by atomic mass is 10.2. The Kier molecular flexibility index (Phi) is 3.59. The van der Waals surface area contributed by atoms with Gasteiger partial charge in [-0.3, -0.25) is 4.90 Å². The molecular formula is C12H20N4O. The minimum absolute atomic E-state index is 0.272. The van der Waals surface area contributed by atoms with Crippen LogP contribution in [-0.4, -0.2) is 40.2 Å². The highest BCUT2D eigenvalue weighted by Crippen LogP contribution is 2.14. The molecule has 2 atom stereocenters. The van der Waals surface area contributed by atoms with Crippen LogP contribution in [0, 0.1) is 6.92 Å². The summed E-state index contributed by atoms with van der Waals surface area (Å²) in [6, 6.07) is 2.19. The Labute approximate surface area is 102 Å². The van der Waals surface area contributed by atoms with Crippen LogP contribution >= 0.6 is 0 Å². The van der Waals surface area contributed by atoms with Gasteiger partial charge >= 0.3 is 0 Å². The normalized spacial score (nSPS) is 26.1. The minimum Gasteiger partial charge on any atom is -0.384 e. The zero-order valence-electron chi connectivity index (χ0n) is 10.7. The number of nitrogens with zero attached hydrogens (tertiary/aromatic N) is 3. The summed E-state index contributed by atoms with van der Waals surface area (Å²) in [5, 5.41) is 0. The molecule has 1 aromatic rings. The molecule has 0 bridgehead atoms. The molecular weight excluding hydrogens is 216 g/mol. The van der Waals surface area contributed by atoms with Crippen LogP contribution in [-0.2, 0) is 11.3 Å². The number of rotatable bonds is 2. The van der Waals surface area contributed by atoms with Gasteiger partial charge in [0.15, 0.2) is 0 Å². The summed E-state index contributed by atoms with van der Waals surface area (Å²) >= 11 is 0. The van der Waals surface area contributed by atoms with Gasteiger partial charge in [0.2, 0.25) is 0 Å². The van der Waals surface area contributed by atoms with E-state index in [0.717, 1.165) is 31.2 Å². The van der Waals surface area contributed by atoms with Gasteiger partial charge in [-0.15, -0.1) is 0 Å². The molecule has 1 saturated heterocycles. The fourth-order valence-electron chi connectivity index (χ4n) is 2.10. The molecule has 1 fully saturated rings. The van der Waals surface area contributed by atoms with Crippen molar-refractivity contribution in [2.45, 2.75) is 39.5 Å².